The van der Waals surface area contributed by atoms with Crippen LogP contribution in [-0.4, -0.2) is 37.7 Å². The second-order valence-electron chi connectivity index (χ2n) is 4.03. The molecule has 0 bridgehead atoms. The smallest absolute Gasteiger partial charge is 0.119 e. The molecule has 3 nitrogen and oxygen atoms in total. The molecular formula is C13H19N2O. The van der Waals surface area contributed by atoms with Crippen molar-refractivity contribution in [1.29, 1.82) is 0 Å². The summed E-state index contributed by atoms with van der Waals surface area (Å²) in [6.45, 7) is 7.87. The third-order valence-electron chi connectivity index (χ3n) is 2.76. The topological polar surface area (TPSA) is 26.6 Å². The van der Waals surface area contributed by atoms with Gasteiger partial charge in [0.05, 0.1) is 6.61 Å². The summed E-state index contributed by atoms with van der Waals surface area (Å²) in [4.78, 5) is 2.44. The van der Waals surface area contributed by atoms with E-state index in [1.165, 1.54) is 5.56 Å². The molecule has 1 fully saturated rings. The lowest BCUT2D eigenvalue weighted by molar-refractivity contribution is 0.230. The summed E-state index contributed by atoms with van der Waals surface area (Å²) in [5.41, 5.74) is 1.33. The first kappa shape index (κ1) is 11.4. The SMILES string of the molecule is CCOc1cccc(CN2CC[N]CC2)c1. The maximum atomic E-state index is 5.50. The van der Waals surface area contributed by atoms with Crippen LogP contribution < -0.4 is 10.1 Å². The van der Waals surface area contributed by atoms with Crippen LogP contribution in [0.3, 0.4) is 0 Å². The van der Waals surface area contributed by atoms with Gasteiger partial charge in [-0.2, -0.15) is 0 Å². The minimum Gasteiger partial charge on any atom is -0.494 e. The molecule has 0 saturated carbocycles. The Kier molecular flexibility index (Phi) is 4.19. The van der Waals surface area contributed by atoms with E-state index in [2.05, 4.69) is 28.4 Å². The zero-order valence-corrected chi connectivity index (χ0v) is 9.85. The van der Waals surface area contributed by atoms with Crippen molar-refractivity contribution in [3.63, 3.8) is 0 Å². The Labute approximate surface area is 97.4 Å². The van der Waals surface area contributed by atoms with E-state index >= 15 is 0 Å². The molecule has 3 heteroatoms. The monoisotopic (exact) mass is 219 g/mol. The normalized spacial score (nSPS) is 17.3. The molecule has 16 heavy (non-hydrogen) atoms. The van der Waals surface area contributed by atoms with Crippen LogP contribution in [0.5, 0.6) is 5.75 Å². The van der Waals surface area contributed by atoms with E-state index in [4.69, 9.17) is 4.74 Å². The first-order valence-electron chi connectivity index (χ1n) is 5.96. The molecule has 2 rings (SSSR count). The number of hydrogen-bond donors (Lipinski definition) is 0. The first-order chi connectivity index (χ1) is 7.88. The quantitative estimate of drug-likeness (QED) is 0.767. The summed E-state index contributed by atoms with van der Waals surface area (Å²) in [5, 5.41) is 4.35. The third-order valence-corrected chi connectivity index (χ3v) is 2.76. The zero-order chi connectivity index (χ0) is 11.2. The summed E-state index contributed by atoms with van der Waals surface area (Å²) < 4.78 is 5.50. The van der Waals surface area contributed by atoms with Crippen molar-refractivity contribution in [2.24, 2.45) is 0 Å². The van der Waals surface area contributed by atoms with E-state index in [9.17, 15) is 0 Å². The average molecular weight is 219 g/mol. The predicted octanol–water partition coefficient (Wildman–Crippen LogP) is 1.51. The van der Waals surface area contributed by atoms with Gasteiger partial charge in [0.15, 0.2) is 0 Å². The van der Waals surface area contributed by atoms with Crippen LogP contribution in [0.4, 0.5) is 0 Å². The lowest BCUT2D eigenvalue weighted by atomic mass is 10.2. The number of piperazine rings is 1. The number of rotatable bonds is 4. The lowest BCUT2D eigenvalue weighted by Gasteiger charge is -2.26. The number of nitrogens with zero attached hydrogens (tertiary/aromatic N) is 2. The highest BCUT2D eigenvalue weighted by molar-refractivity contribution is 5.28. The molecule has 0 amide bonds. The van der Waals surface area contributed by atoms with Gasteiger partial charge in [0, 0.05) is 32.7 Å². The Balaban J connectivity index is 1.94. The maximum Gasteiger partial charge on any atom is 0.119 e. The Morgan fingerprint density at radius 1 is 1.31 bits per heavy atom. The van der Waals surface area contributed by atoms with Crippen LogP contribution in [0.15, 0.2) is 24.3 Å². The predicted molar refractivity (Wildman–Crippen MR) is 64.8 cm³/mol. The first-order valence-corrected chi connectivity index (χ1v) is 5.96. The van der Waals surface area contributed by atoms with E-state index < -0.39 is 0 Å². The molecule has 0 N–H and O–H groups in total. The summed E-state index contributed by atoms with van der Waals surface area (Å²) in [6, 6.07) is 8.37. The van der Waals surface area contributed by atoms with Crippen molar-refractivity contribution in [3.8, 4) is 5.75 Å². The highest BCUT2D eigenvalue weighted by atomic mass is 16.5. The third kappa shape index (κ3) is 3.22. The van der Waals surface area contributed by atoms with E-state index in [0.29, 0.717) is 0 Å². The van der Waals surface area contributed by atoms with Crippen LogP contribution >= 0.6 is 0 Å². The maximum absolute atomic E-state index is 5.50. The van der Waals surface area contributed by atoms with Gasteiger partial charge in [-0.05, 0) is 24.6 Å². The zero-order valence-electron chi connectivity index (χ0n) is 9.85. The van der Waals surface area contributed by atoms with Gasteiger partial charge in [0.25, 0.3) is 0 Å². The van der Waals surface area contributed by atoms with Gasteiger partial charge in [0.1, 0.15) is 5.75 Å². The summed E-state index contributed by atoms with van der Waals surface area (Å²) in [5.74, 6) is 0.974. The summed E-state index contributed by atoms with van der Waals surface area (Å²) in [6.07, 6.45) is 0. The second-order valence-corrected chi connectivity index (χ2v) is 4.03. The second kappa shape index (κ2) is 5.87. The molecule has 1 aromatic carbocycles. The van der Waals surface area contributed by atoms with Gasteiger partial charge >= 0.3 is 0 Å². The molecule has 1 aromatic rings. The van der Waals surface area contributed by atoms with Gasteiger partial charge < -0.3 is 4.74 Å². The average Bonchev–Trinajstić information content (AvgIpc) is 2.31. The van der Waals surface area contributed by atoms with Gasteiger partial charge in [-0.3, -0.25) is 4.90 Å². The van der Waals surface area contributed by atoms with Crippen molar-refractivity contribution < 1.29 is 4.74 Å². The molecule has 1 radical (unpaired) electrons. The molecule has 1 saturated heterocycles. The number of hydrogen-bond acceptors (Lipinski definition) is 2. The molecule has 0 unspecified atom stereocenters. The number of benzene rings is 1. The van der Waals surface area contributed by atoms with Crippen LogP contribution in [0.25, 0.3) is 0 Å². The molecule has 0 atom stereocenters. The fourth-order valence-corrected chi connectivity index (χ4v) is 1.96. The fourth-order valence-electron chi connectivity index (χ4n) is 1.96. The fraction of sp³-hybridized carbons (Fsp3) is 0.538. The standard InChI is InChI=1S/C13H19N2O/c1-2-16-13-5-3-4-12(10-13)11-15-8-6-14-7-9-15/h3-5,10H,2,6-9,11H2,1H3. The number of ether oxygens (including phenoxy) is 1. The largest absolute Gasteiger partial charge is 0.494 e. The lowest BCUT2D eigenvalue weighted by Crippen LogP contribution is -2.39. The van der Waals surface area contributed by atoms with Crippen LogP contribution in [0.1, 0.15) is 12.5 Å². The summed E-state index contributed by atoms with van der Waals surface area (Å²) in [7, 11) is 0. The Hall–Kier alpha value is -1.06. The Morgan fingerprint density at radius 2 is 2.12 bits per heavy atom. The summed E-state index contributed by atoms with van der Waals surface area (Å²) >= 11 is 0. The van der Waals surface area contributed by atoms with Gasteiger partial charge in [-0.15, -0.1) is 0 Å². The highest BCUT2D eigenvalue weighted by Gasteiger charge is 2.10. The van der Waals surface area contributed by atoms with E-state index in [0.717, 1.165) is 45.1 Å². The van der Waals surface area contributed by atoms with Gasteiger partial charge in [-0.1, -0.05) is 12.1 Å². The molecule has 1 aliphatic heterocycles. The molecule has 0 aromatic heterocycles. The van der Waals surface area contributed by atoms with Crippen molar-refractivity contribution in [3.05, 3.63) is 29.8 Å². The molecule has 1 heterocycles. The molecule has 87 valence electrons. The molecule has 1 aliphatic rings. The molecule has 0 aliphatic carbocycles. The van der Waals surface area contributed by atoms with Gasteiger partial charge in [0.2, 0.25) is 0 Å². The Bertz CT molecular complexity index is 321. The van der Waals surface area contributed by atoms with Crippen LogP contribution in [0, 0.1) is 0 Å². The molecule has 0 spiro atoms. The minimum atomic E-state index is 0.728. The van der Waals surface area contributed by atoms with Crippen molar-refractivity contribution in [1.82, 2.24) is 10.2 Å². The van der Waals surface area contributed by atoms with Gasteiger partial charge in [-0.25, -0.2) is 5.32 Å². The highest BCUT2D eigenvalue weighted by Crippen LogP contribution is 2.15. The van der Waals surface area contributed by atoms with Crippen molar-refractivity contribution in [2.45, 2.75) is 13.5 Å². The van der Waals surface area contributed by atoms with Crippen molar-refractivity contribution >= 4 is 0 Å². The van der Waals surface area contributed by atoms with Crippen LogP contribution in [0.2, 0.25) is 0 Å². The van der Waals surface area contributed by atoms with Crippen LogP contribution in [-0.2, 0) is 6.54 Å². The molecular weight excluding hydrogens is 200 g/mol. The Morgan fingerprint density at radius 3 is 2.88 bits per heavy atom. The van der Waals surface area contributed by atoms with Crippen molar-refractivity contribution in [2.75, 3.05) is 32.8 Å². The van der Waals surface area contributed by atoms with E-state index in [1.807, 2.05) is 13.0 Å². The minimum absolute atomic E-state index is 0.728. The van der Waals surface area contributed by atoms with E-state index in [-0.39, 0.29) is 0 Å². The van der Waals surface area contributed by atoms with E-state index in [1.54, 1.807) is 0 Å².